The average Bonchev–Trinajstić information content (AvgIpc) is 3.26. The molecule has 0 radical (unpaired) electrons. The summed E-state index contributed by atoms with van der Waals surface area (Å²) in [5.41, 5.74) is 3.01. The smallest absolute Gasteiger partial charge is 0.164 e. The van der Waals surface area contributed by atoms with Crippen LogP contribution in [-0.2, 0) is 19.2 Å². The molecule has 0 N–H and O–H groups in total. The maximum absolute atomic E-state index is 5.94. The van der Waals surface area contributed by atoms with E-state index in [0.717, 1.165) is 17.1 Å². The van der Waals surface area contributed by atoms with Crippen molar-refractivity contribution in [1.29, 1.82) is 0 Å². The van der Waals surface area contributed by atoms with Crippen LogP contribution in [0.15, 0.2) is 42.6 Å². The predicted molar refractivity (Wildman–Crippen MR) is 106 cm³/mol. The van der Waals surface area contributed by atoms with E-state index in [1.165, 1.54) is 0 Å². The number of hydrogen-bond donors (Lipinski definition) is 0. The number of rotatable bonds is 6. The summed E-state index contributed by atoms with van der Waals surface area (Å²) in [6.45, 7) is 6.96. The third kappa shape index (κ3) is 3.94. The molecule has 6 heteroatoms. The molecule has 0 aliphatic rings. The molecule has 0 atom stereocenters. The van der Waals surface area contributed by atoms with Crippen LogP contribution in [0, 0.1) is 0 Å². The van der Waals surface area contributed by atoms with Crippen LogP contribution in [0.3, 0.4) is 0 Å². The van der Waals surface area contributed by atoms with Crippen molar-refractivity contribution in [2.45, 2.75) is 32.9 Å². The topological polar surface area (TPSA) is 50.4 Å². The lowest BCUT2D eigenvalue weighted by atomic mass is 10.1. The molecule has 0 bridgehead atoms. The molecule has 0 aliphatic carbocycles. The Hall–Kier alpha value is -2.89. The number of aromatic nitrogens is 3. The van der Waals surface area contributed by atoms with Crippen LogP contribution >= 0.6 is 0 Å². The van der Waals surface area contributed by atoms with Gasteiger partial charge >= 0.3 is 0 Å². The molecule has 0 saturated carbocycles. The minimum absolute atomic E-state index is 0.00728. The van der Waals surface area contributed by atoms with E-state index in [2.05, 4.69) is 54.8 Å². The van der Waals surface area contributed by atoms with Crippen LogP contribution in [0.1, 0.15) is 26.5 Å². The first-order chi connectivity index (χ1) is 12.8. The highest BCUT2D eigenvalue weighted by Crippen LogP contribution is 2.31. The Balaban J connectivity index is 1.79. The van der Waals surface area contributed by atoms with Crippen molar-refractivity contribution in [2.75, 3.05) is 14.2 Å². The normalized spacial score (nSPS) is 11.5. The van der Waals surface area contributed by atoms with Crippen molar-refractivity contribution < 1.29 is 14.2 Å². The quantitative estimate of drug-likeness (QED) is 0.652. The molecule has 0 saturated heterocycles. The minimum atomic E-state index is -0.00728. The number of methoxy groups -OCH3 is 2. The van der Waals surface area contributed by atoms with Gasteiger partial charge in [0.15, 0.2) is 11.5 Å². The molecule has 0 fully saturated rings. The summed E-state index contributed by atoms with van der Waals surface area (Å²) in [5.74, 6) is 2.03. The molecule has 1 aromatic carbocycles. The van der Waals surface area contributed by atoms with Gasteiger partial charge in [0.05, 0.1) is 25.6 Å². The zero-order valence-corrected chi connectivity index (χ0v) is 16.8. The second kappa shape index (κ2) is 7.39. The van der Waals surface area contributed by atoms with Crippen molar-refractivity contribution in [1.82, 2.24) is 14.3 Å². The lowest BCUT2D eigenvalue weighted by Gasteiger charge is -2.23. The molecular formula is C21H27N3O3. The zero-order valence-electron chi connectivity index (χ0n) is 16.8. The molecular weight excluding hydrogens is 342 g/mol. The van der Waals surface area contributed by atoms with Crippen molar-refractivity contribution in [3.8, 4) is 28.6 Å². The number of hydrogen-bond acceptors (Lipinski definition) is 4. The molecule has 144 valence electrons. The standard InChI is InChI=1S/C21H27N3O3/c1-21(2,3)24-11-7-8-18(24)17-12-15(23(4)22-17)14-27-16-9-10-19(25-5)20(13-16)26-6/h7-13H,14H2,1-6H3. The predicted octanol–water partition coefficient (Wildman–Crippen LogP) is 4.24. The Morgan fingerprint density at radius 2 is 1.74 bits per heavy atom. The second-order valence-corrected chi connectivity index (χ2v) is 7.38. The third-order valence-electron chi connectivity index (χ3n) is 4.45. The Morgan fingerprint density at radius 1 is 1.00 bits per heavy atom. The summed E-state index contributed by atoms with van der Waals surface area (Å²) < 4.78 is 20.6. The fraction of sp³-hybridized carbons (Fsp3) is 0.381. The highest BCUT2D eigenvalue weighted by Gasteiger charge is 2.19. The monoisotopic (exact) mass is 369 g/mol. The van der Waals surface area contributed by atoms with Crippen LogP contribution in [-0.4, -0.2) is 28.6 Å². The van der Waals surface area contributed by atoms with E-state index in [-0.39, 0.29) is 5.54 Å². The molecule has 0 aliphatic heterocycles. The molecule has 2 aromatic heterocycles. The van der Waals surface area contributed by atoms with Gasteiger partial charge in [-0.3, -0.25) is 4.68 Å². The van der Waals surface area contributed by atoms with Gasteiger partial charge in [-0.25, -0.2) is 0 Å². The summed E-state index contributed by atoms with van der Waals surface area (Å²) in [6, 6.07) is 11.7. The Morgan fingerprint density at radius 3 is 2.41 bits per heavy atom. The molecule has 6 nitrogen and oxygen atoms in total. The van der Waals surface area contributed by atoms with Crippen molar-refractivity contribution >= 4 is 0 Å². The molecule has 3 aromatic rings. The van der Waals surface area contributed by atoms with Gasteiger partial charge in [-0.05, 0) is 51.1 Å². The second-order valence-electron chi connectivity index (χ2n) is 7.38. The summed E-state index contributed by atoms with van der Waals surface area (Å²) in [4.78, 5) is 0. The van der Waals surface area contributed by atoms with Gasteiger partial charge in [0.2, 0.25) is 0 Å². The Labute approximate surface area is 160 Å². The first-order valence-electron chi connectivity index (χ1n) is 8.89. The van der Waals surface area contributed by atoms with Crippen LogP contribution in [0.25, 0.3) is 11.4 Å². The van der Waals surface area contributed by atoms with Gasteiger partial charge in [0.1, 0.15) is 18.1 Å². The summed E-state index contributed by atoms with van der Waals surface area (Å²) in [6.07, 6.45) is 2.09. The maximum Gasteiger partial charge on any atom is 0.164 e. The third-order valence-corrected chi connectivity index (χ3v) is 4.45. The summed E-state index contributed by atoms with van der Waals surface area (Å²) >= 11 is 0. The van der Waals surface area contributed by atoms with Crippen molar-refractivity contribution in [3.05, 3.63) is 48.3 Å². The van der Waals surface area contributed by atoms with E-state index in [1.54, 1.807) is 14.2 Å². The van der Waals surface area contributed by atoms with Crippen LogP contribution in [0.5, 0.6) is 17.2 Å². The van der Waals surface area contributed by atoms with E-state index >= 15 is 0 Å². The molecule has 0 unspecified atom stereocenters. The van der Waals surface area contributed by atoms with Gasteiger partial charge in [0, 0.05) is 24.8 Å². The minimum Gasteiger partial charge on any atom is -0.493 e. The lowest BCUT2D eigenvalue weighted by molar-refractivity contribution is 0.290. The Bertz CT molecular complexity index is 919. The number of benzene rings is 1. The van der Waals surface area contributed by atoms with E-state index in [9.17, 15) is 0 Å². The zero-order chi connectivity index (χ0) is 19.6. The fourth-order valence-corrected chi connectivity index (χ4v) is 3.00. The Kier molecular flexibility index (Phi) is 5.17. The van der Waals surface area contributed by atoms with E-state index < -0.39 is 0 Å². The number of aryl methyl sites for hydroxylation is 1. The molecule has 2 heterocycles. The highest BCUT2D eigenvalue weighted by atomic mass is 16.5. The summed E-state index contributed by atoms with van der Waals surface area (Å²) in [5, 5.41) is 4.67. The molecule has 0 spiro atoms. The average molecular weight is 369 g/mol. The van der Waals surface area contributed by atoms with Gasteiger partial charge in [-0.2, -0.15) is 5.10 Å². The van der Waals surface area contributed by atoms with E-state index in [1.807, 2.05) is 29.9 Å². The first-order valence-corrected chi connectivity index (χ1v) is 8.89. The fourth-order valence-electron chi connectivity index (χ4n) is 3.00. The number of ether oxygens (including phenoxy) is 3. The van der Waals surface area contributed by atoms with Crippen LogP contribution in [0.2, 0.25) is 0 Å². The van der Waals surface area contributed by atoms with E-state index in [4.69, 9.17) is 14.2 Å². The van der Waals surface area contributed by atoms with E-state index in [0.29, 0.717) is 23.9 Å². The van der Waals surface area contributed by atoms with Gasteiger partial charge in [0.25, 0.3) is 0 Å². The van der Waals surface area contributed by atoms with Crippen LogP contribution in [0.4, 0.5) is 0 Å². The molecule has 3 rings (SSSR count). The van der Waals surface area contributed by atoms with Gasteiger partial charge in [-0.1, -0.05) is 0 Å². The lowest BCUT2D eigenvalue weighted by Crippen LogP contribution is -2.21. The largest absolute Gasteiger partial charge is 0.493 e. The van der Waals surface area contributed by atoms with Gasteiger partial charge < -0.3 is 18.8 Å². The SMILES string of the molecule is COc1ccc(OCc2cc(-c3cccn3C(C)(C)C)nn2C)cc1OC. The van der Waals surface area contributed by atoms with Gasteiger partial charge in [-0.15, -0.1) is 0 Å². The van der Waals surface area contributed by atoms with Crippen LogP contribution < -0.4 is 14.2 Å². The summed E-state index contributed by atoms with van der Waals surface area (Å²) in [7, 11) is 5.16. The maximum atomic E-state index is 5.94. The van der Waals surface area contributed by atoms with Crippen molar-refractivity contribution in [3.63, 3.8) is 0 Å². The molecule has 0 amide bonds. The first kappa shape index (κ1) is 18.9. The molecule has 27 heavy (non-hydrogen) atoms. The number of nitrogens with zero attached hydrogens (tertiary/aromatic N) is 3. The highest BCUT2D eigenvalue weighted by molar-refractivity contribution is 5.56. The van der Waals surface area contributed by atoms with Crippen molar-refractivity contribution in [2.24, 2.45) is 7.05 Å².